The zero-order valence-electron chi connectivity index (χ0n) is 10.3. The van der Waals surface area contributed by atoms with Crippen LogP contribution in [0, 0.1) is 0 Å². The molecule has 6 nitrogen and oxygen atoms in total. The fourth-order valence-corrected chi connectivity index (χ4v) is 1.85. The van der Waals surface area contributed by atoms with Gasteiger partial charge in [0.2, 0.25) is 5.91 Å². The number of aromatic amines is 1. The topological polar surface area (TPSA) is 86.9 Å². The second-order valence-corrected chi connectivity index (χ2v) is 4.70. The molecule has 0 spiro atoms. The number of carbonyl (C=O) groups excluding carboxylic acids is 2. The van der Waals surface area contributed by atoms with Gasteiger partial charge in [0.1, 0.15) is 0 Å². The number of hydrogen-bond donors (Lipinski definition) is 3. The lowest BCUT2D eigenvalue weighted by Crippen LogP contribution is -2.37. The van der Waals surface area contributed by atoms with Crippen LogP contribution in [-0.2, 0) is 4.79 Å². The smallest absolute Gasteiger partial charge is 0.251 e. The molecule has 0 atom stereocenters. The number of nitrogens with zero attached hydrogens (tertiary/aromatic N) is 1. The minimum atomic E-state index is -0.262. The molecule has 0 saturated heterocycles. The van der Waals surface area contributed by atoms with Crippen molar-refractivity contribution in [3.8, 4) is 0 Å². The van der Waals surface area contributed by atoms with Crippen LogP contribution in [-0.4, -0.2) is 34.6 Å². The summed E-state index contributed by atoms with van der Waals surface area (Å²) in [6.45, 7) is 0.0103. The number of aromatic nitrogens is 2. The predicted octanol–water partition coefficient (Wildman–Crippen LogP) is 0.571. The van der Waals surface area contributed by atoms with Gasteiger partial charge in [0.25, 0.3) is 5.91 Å². The van der Waals surface area contributed by atoms with Crippen molar-refractivity contribution in [1.29, 1.82) is 0 Å². The van der Waals surface area contributed by atoms with Crippen molar-refractivity contribution in [2.75, 3.05) is 6.54 Å². The van der Waals surface area contributed by atoms with E-state index in [1.807, 2.05) is 6.07 Å². The number of nitrogens with one attached hydrogen (secondary N) is 3. The fourth-order valence-electron chi connectivity index (χ4n) is 1.85. The maximum atomic E-state index is 11.9. The maximum absolute atomic E-state index is 11.9. The summed E-state index contributed by atoms with van der Waals surface area (Å²) in [4.78, 5) is 23.3. The van der Waals surface area contributed by atoms with Crippen LogP contribution < -0.4 is 10.6 Å². The molecule has 1 aliphatic rings. The molecule has 1 aromatic carbocycles. The summed E-state index contributed by atoms with van der Waals surface area (Å²) in [5, 5.41) is 13.1. The van der Waals surface area contributed by atoms with Gasteiger partial charge in [-0.25, -0.2) is 0 Å². The third kappa shape index (κ3) is 2.73. The lowest BCUT2D eigenvalue weighted by atomic mass is 10.1. The van der Waals surface area contributed by atoms with Crippen LogP contribution in [0.1, 0.15) is 23.2 Å². The fraction of sp³-hybridized carbons (Fsp3) is 0.308. The molecule has 2 amide bonds. The highest BCUT2D eigenvalue weighted by atomic mass is 16.2. The van der Waals surface area contributed by atoms with Crippen molar-refractivity contribution in [2.45, 2.75) is 18.9 Å². The molecule has 0 aliphatic heterocycles. The summed E-state index contributed by atoms with van der Waals surface area (Å²) in [7, 11) is 0. The Kier molecular flexibility index (Phi) is 2.91. The third-order valence-electron chi connectivity index (χ3n) is 3.06. The van der Waals surface area contributed by atoms with Crippen molar-refractivity contribution >= 4 is 22.7 Å². The van der Waals surface area contributed by atoms with Gasteiger partial charge in [-0.2, -0.15) is 5.10 Å². The summed E-state index contributed by atoms with van der Waals surface area (Å²) in [5.74, 6) is -0.402. The standard InChI is InChI=1S/C13H14N4O2/c18-12(16-10-3-4-10)7-14-13(19)8-1-2-9-6-15-17-11(9)5-8/h1-2,5-6,10H,3-4,7H2,(H,14,19)(H,15,17)(H,16,18). The van der Waals surface area contributed by atoms with Crippen LogP contribution >= 0.6 is 0 Å². The zero-order valence-corrected chi connectivity index (χ0v) is 10.3. The van der Waals surface area contributed by atoms with E-state index in [-0.39, 0.29) is 18.4 Å². The molecule has 1 saturated carbocycles. The largest absolute Gasteiger partial charge is 0.352 e. The number of fused-ring (bicyclic) bond motifs is 1. The lowest BCUT2D eigenvalue weighted by Gasteiger charge is -2.06. The first kappa shape index (κ1) is 11.7. The predicted molar refractivity (Wildman–Crippen MR) is 69.6 cm³/mol. The number of hydrogen-bond acceptors (Lipinski definition) is 3. The van der Waals surface area contributed by atoms with Crippen LogP contribution in [0.2, 0.25) is 0 Å². The van der Waals surface area contributed by atoms with Gasteiger partial charge in [0, 0.05) is 17.0 Å². The Morgan fingerprint density at radius 1 is 1.37 bits per heavy atom. The Morgan fingerprint density at radius 3 is 3.00 bits per heavy atom. The second-order valence-electron chi connectivity index (χ2n) is 4.70. The van der Waals surface area contributed by atoms with Gasteiger partial charge >= 0.3 is 0 Å². The van der Waals surface area contributed by atoms with E-state index in [0.29, 0.717) is 11.6 Å². The van der Waals surface area contributed by atoms with Crippen LogP contribution in [0.5, 0.6) is 0 Å². The molecule has 1 heterocycles. The number of carbonyl (C=O) groups is 2. The Labute approximate surface area is 109 Å². The van der Waals surface area contributed by atoms with Crippen LogP contribution in [0.15, 0.2) is 24.4 Å². The van der Waals surface area contributed by atoms with Gasteiger partial charge < -0.3 is 10.6 Å². The normalized spacial score (nSPS) is 14.3. The molecule has 3 N–H and O–H groups in total. The van der Waals surface area contributed by atoms with Gasteiger partial charge in [-0.15, -0.1) is 0 Å². The number of rotatable bonds is 4. The van der Waals surface area contributed by atoms with E-state index in [4.69, 9.17) is 0 Å². The van der Waals surface area contributed by atoms with E-state index in [9.17, 15) is 9.59 Å². The van der Waals surface area contributed by atoms with Gasteiger partial charge in [-0.1, -0.05) is 6.07 Å². The molecule has 0 radical (unpaired) electrons. The summed E-state index contributed by atoms with van der Waals surface area (Å²) < 4.78 is 0. The van der Waals surface area contributed by atoms with Crippen molar-refractivity contribution in [1.82, 2.24) is 20.8 Å². The molecule has 19 heavy (non-hydrogen) atoms. The number of amides is 2. The van der Waals surface area contributed by atoms with Crippen molar-refractivity contribution in [3.05, 3.63) is 30.0 Å². The van der Waals surface area contributed by atoms with Crippen LogP contribution in [0.3, 0.4) is 0 Å². The first-order chi connectivity index (χ1) is 9.22. The summed E-state index contributed by atoms with van der Waals surface area (Å²) in [6, 6.07) is 5.56. The number of H-pyrrole nitrogens is 1. The van der Waals surface area contributed by atoms with E-state index >= 15 is 0 Å². The molecule has 3 rings (SSSR count). The highest BCUT2D eigenvalue weighted by Gasteiger charge is 2.23. The van der Waals surface area contributed by atoms with Gasteiger partial charge in [0.05, 0.1) is 18.3 Å². The molecule has 2 aromatic rings. The molecular weight excluding hydrogens is 244 g/mol. The Morgan fingerprint density at radius 2 is 2.21 bits per heavy atom. The first-order valence-corrected chi connectivity index (χ1v) is 6.23. The highest BCUT2D eigenvalue weighted by molar-refractivity contribution is 5.99. The highest BCUT2D eigenvalue weighted by Crippen LogP contribution is 2.18. The zero-order chi connectivity index (χ0) is 13.2. The monoisotopic (exact) mass is 258 g/mol. The maximum Gasteiger partial charge on any atom is 0.251 e. The number of benzene rings is 1. The van der Waals surface area contributed by atoms with Crippen molar-refractivity contribution < 1.29 is 9.59 Å². The van der Waals surface area contributed by atoms with Gasteiger partial charge in [-0.3, -0.25) is 14.7 Å². The first-order valence-electron chi connectivity index (χ1n) is 6.23. The van der Waals surface area contributed by atoms with Gasteiger partial charge in [-0.05, 0) is 25.0 Å². The third-order valence-corrected chi connectivity index (χ3v) is 3.06. The van der Waals surface area contributed by atoms with E-state index in [0.717, 1.165) is 23.7 Å². The second kappa shape index (κ2) is 4.72. The van der Waals surface area contributed by atoms with Crippen LogP contribution in [0.25, 0.3) is 10.9 Å². The molecule has 1 fully saturated rings. The molecule has 98 valence electrons. The lowest BCUT2D eigenvalue weighted by molar-refractivity contribution is -0.120. The minimum absolute atomic E-state index is 0.0103. The molecule has 0 unspecified atom stereocenters. The van der Waals surface area contributed by atoms with E-state index < -0.39 is 0 Å². The average molecular weight is 258 g/mol. The SMILES string of the molecule is O=C(CNC(=O)c1ccc2cn[nH]c2c1)NC1CC1. The molecule has 0 bridgehead atoms. The Hall–Kier alpha value is -2.37. The average Bonchev–Trinajstić information content (AvgIpc) is 3.09. The Balaban J connectivity index is 1.60. The Bertz CT molecular complexity index is 630. The molecule has 1 aliphatic carbocycles. The van der Waals surface area contributed by atoms with Crippen LogP contribution in [0.4, 0.5) is 0 Å². The summed E-state index contributed by atoms with van der Waals surface area (Å²) >= 11 is 0. The van der Waals surface area contributed by atoms with E-state index in [2.05, 4.69) is 20.8 Å². The van der Waals surface area contributed by atoms with Crippen molar-refractivity contribution in [2.24, 2.45) is 0 Å². The molecule has 6 heteroatoms. The summed E-state index contributed by atoms with van der Waals surface area (Å²) in [5.41, 5.74) is 1.31. The molecule has 1 aromatic heterocycles. The van der Waals surface area contributed by atoms with E-state index in [1.54, 1.807) is 18.3 Å². The van der Waals surface area contributed by atoms with Gasteiger partial charge in [0.15, 0.2) is 0 Å². The quantitative estimate of drug-likeness (QED) is 0.749. The van der Waals surface area contributed by atoms with E-state index in [1.165, 1.54) is 0 Å². The summed E-state index contributed by atoms with van der Waals surface area (Å²) in [6.07, 6.45) is 3.77. The minimum Gasteiger partial charge on any atom is -0.352 e. The van der Waals surface area contributed by atoms with Crippen molar-refractivity contribution in [3.63, 3.8) is 0 Å². The molecular formula is C13H14N4O2.